The molecule has 2 saturated heterocycles. The number of rotatable bonds is 3. The van der Waals surface area contributed by atoms with Crippen LogP contribution >= 0.6 is 0 Å². The Kier molecular flexibility index (Phi) is 4.26. The van der Waals surface area contributed by atoms with E-state index in [9.17, 15) is 0 Å². The molecule has 2 aliphatic rings. The van der Waals surface area contributed by atoms with E-state index in [0.29, 0.717) is 6.10 Å². The van der Waals surface area contributed by atoms with Gasteiger partial charge < -0.3 is 19.4 Å². The van der Waals surface area contributed by atoms with E-state index in [1.807, 2.05) is 6.92 Å². The molecule has 0 radical (unpaired) electrons. The zero-order valence-electron chi connectivity index (χ0n) is 13.2. The summed E-state index contributed by atoms with van der Waals surface area (Å²) in [5.41, 5.74) is 0. The average Bonchev–Trinajstić information content (AvgIpc) is 2.96. The molecule has 2 aliphatic heterocycles. The van der Waals surface area contributed by atoms with Crippen molar-refractivity contribution in [3.05, 3.63) is 11.9 Å². The van der Waals surface area contributed by atoms with Gasteiger partial charge in [-0.25, -0.2) is 9.97 Å². The molecule has 0 amide bonds. The third kappa shape index (κ3) is 3.27. The Morgan fingerprint density at radius 3 is 2.33 bits per heavy atom. The lowest BCUT2D eigenvalue weighted by molar-refractivity contribution is 0.121. The van der Waals surface area contributed by atoms with Crippen LogP contribution in [0.2, 0.25) is 0 Å². The minimum atomic E-state index is 0.326. The highest BCUT2D eigenvalue weighted by molar-refractivity contribution is 5.52. The van der Waals surface area contributed by atoms with Gasteiger partial charge in [0.05, 0.1) is 6.10 Å². The van der Waals surface area contributed by atoms with Gasteiger partial charge in [0.1, 0.15) is 17.5 Å². The smallest absolute Gasteiger partial charge is 0.134 e. The molecule has 1 aromatic heterocycles. The molecular formula is C15H25N5O. The monoisotopic (exact) mass is 291 g/mol. The normalized spacial score (nSPS) is 23.9. The number of hydrogen-bond donors (Lipinski definition) is 0. The summed E-state index contributed by atoms with van der Waals surface area (Å²) in [5, 5.41) is 0. The first-order valence-electron chi connectivity index (χ1n) is 7.72. The van der Waals surface area contributed by atoms with Crippen LogP contribution in [0.5, 0.6) is 0 Å². The summed E-state index contributed by atoms with van der Waals surface area (Å²) in [6.07, 6.45) is 1.40. The summed E-state index contributed by atoms with van der Waals surface area (Å²) in [7, 11) is 3.96. The van der Waals surface area contributed by atoms with Crippen molar-refractivity contribution in [2.24, 2.45) is 0 Å². The van der Waals surface area contributed by atoms with Gasteiger partial charge in [0.15, 0.2) is 0 Å². The zero-order valence-corrected chi connectivity index (χ0v) is 13.2. The second-order valence-corrected chi connectivity index (χ2v) is 6.01. The Balaban J connectivity index is 1.77. The van der Waals surface area contributed by atoms with Crippen molar-refractivity contribution >= 4 is 11.6 Å². The largest absolute Gasteiger partial charge is 0.380 e. The fourth-order valence-electron chi connectivity index (χ4n) is 3.02. The first-order valence-corrected chi connectivity index (χ1v) is 7.72. The molecule has 0 N–H and O–H groups in total. The predicted octanol–water partition coefficient (Wildman–Crippen LogP) is 0.762. The van der Waals surface area contributed by atoms with Gasteiger partial charge in [0.25, 0.3) is 0 Å². The SMILES string of the molecule is COC1CCN(c2cc(N3CCN(C)CC3)nc(C)n2)C1. The number of anilines is 2. The molecule has 1 unspecified atom stereocenters. The highest BCUT2D eigenvalue weighted by Gasteiger charge is 2.24. The van der Waals surface area contributed by atoms with Crippen LogP contribution < -0.4 is 9.80 Å². The van der Waals surface area contributed by atoms with Crippen LogP contribution in [0.15, 0.2) is 6.07 Å². The van der Waals surface area contributed by atoms with Crippen molar-refractivity contribution in [2.75, 3.05) is 63.2 Å². The first kappa shape index (κ1) is 14.5. The molecule has 1 atom stereocenters. The van der Waals surface area contributed by atoms with Gasteiger partial charge >= 0.3 is 0 Å². The standard InChI is InChI=1S/C15H25N5O/c1-12-16-14(19-8-6-18(2)7-9-19)10-15(17-12)20-5-4-13(11-20)21-3/h10,13H,4-9,11H2,1-3H3. The van der Waals surface area contributed by atoms with Crippen LogP contribution in [0.4, 0.5) is 11.6 Å². The van der Waals surface area contributed by atoms with Crippen molar-refractivity contribution in [3.8, 4) is 0 Å². The highest BCUT2D eigenvalue weighted by Crippen LogP contribution is 2.24. The molecule has 0 aliphatic carbocycles. The van der Waals surface area contributed by atoms with Crippen LogP contribution in [0, 0.1) is 6.92 Å². The Hall–Kier alpha value is -1.40. The maximum Gasteiger partial charge on any atom is 0.134 e. The lowest BCUT2D eigenvalue weighted by atomic mass is 10.3. The first-order chi connectivity index (χ1) is 10.2. The van der Waals surface area contributed by atoms with E-state index in [1.165, 1.54) is 0 Å². The van der Waals surface area contributed by atoms with Crippen molar-refractivity contribution in [3.63, 3.8) is 0 Å². The molecule has 1 aromatic rings. The molecule has 6 nitrogen and oxygen atoms in total. The van der Waals surface area contributed by atoms with E-state index in [2.05, 4.69) is 37.8 Å². The molecule has 21 heavy (non-hydrogen) atoms. The van der Waals surface area contributed by atoms with Crippen molar-refractivity contribution in [1.82, 2.24) is 14.9 Å². The van der Waals surface area contributed by atoms with Crippen molar-refractivity contribution in [2.45, 2.75) is 19.4 Å². The highest BCUT2D eigenvalue weighted by atomic mass is 16.5. The number of aromatic nitrogens is 2. The van der Waals surface area contributed by atoms with Gasteiger partial charge in [0, 0.05) is 52.4 Å². The fraction of sp³-hybridized carbons (Fsp3) is 0.733. The summed E-state index contributed by atoms with van der Waals surface area (Å²) in [4.78, 5) is 16.3. The molecule has 0 bridgehead atoms. The number of aryl methyl sites for hydroxylation is 1. The molecule has 3 heterocycles. The van der Waals surface area contributed by atoms with Crippen molar-refractivity contribution in [1.29, 1.82) is 0 Å². The van der Waals surface area contributed by atoms with Crippen LogP contribution in [-0.2, 0) is 4.74 Å². The number of nitrogens with zero attached hydrogens (tertiary/aromatic N) is 5. The second-order valence-electron chi connectivity index (χ2n) is 6.01. The maximum absolute atomic E-state index is 5.45. The maximum atomic E-state index is 5.45. The van der Waals surface area contributed by atoms with E-state index in [4.69, 9.17) is 4.74 Å². The zero-order chi connectivity index (χ0) is 14.8. The lowest BCUT2D eigenvalue weighted by Gasteiger charge is -2.33. The molecule has 2 fully saturated rings. The average molecular weight is 291 g/mol. The molecule has 116 valence electrons. The van der Waals surface area contributed by atoms with Crippen molar-refractivity contribution < 1.29 is 4.74 Å². The molecule has 0 aromatic carbocycles. The minimum Gasteiger partial charge on any atom is -0.380 e. The van der Waals surface area contributed by atoms with Crippen LogP contribution in [-0.4, -0.2) is 74.4 Å². The number of ether oxygens (including phenoxy) is 1. The van der Waals surface area contributed by atoms with Gasteiger partial charge in [-0.3, -0.25) is 0 Å². The van der Waals surface area contributed by atoms with Gasteiger partial charge in [0.2, 0.25) is 0 Å². The summed E-state index contributed by atoms with van der Waals surface area (Å²) >= 11 is 0. The summed E-state index contributed by atoms with van der Waals surface area (Å²) < 4.78 is 5.45. The summed E-state index contributed by atoms with van der Waals surface area (Å²) in [5.74, 6) is 2.95. The van der Waals surface area contributed by atoms with Gasteiger partial charge in [-0.15, -0.1) is 0 Å². The van der Waals surface area contributed by atoms with E-state index in [-0.39, 0.29) is 0 Å². The molecule has 0 saturated carbocycles. The molecule has 6 heteroatoms. The predicted molar refractivity (Wildman–Crippen MR) is 84.1 cm³/mol. The third-order valence-corrected chi connectivity index (χ3v) is 4.44. The van der Waals surface area contributed by atoms with E-state index < -0.39 is 0 Å². The Morgan fingerprint density at radius 1 is 1.05 bits per heavy atom. The number of likely N-dealkylation sites (N-methyl/N-ethyl adjacent to an activating group) is 1. The Bertz CT molecular complexity index is 467. The molecular weight excluding hydrogens is 266 g/mol. The summed E-state index contributed by atoms with van der Waals surface area (Å²) in [6, 6.07) is 2.14. The van der Waals surface area contributed by atoms with Gasteiger partial charge in [-0.2, -0.15) is 0 Å². The molecule has 0 spiro atoms. The van der Waals surface area contributed by atoms with Gasteiger partial charge in [-0.1, -0.05) is 0 Å². The van der Waals surface area contributed by atoms with Crippen LogP contribution in [0.3, 0.4) is 0 Å². The Labute approximate surface area is 126 Å². The van der Waals surface area contributed by atoms with Crippen LogP contribution in [0.25, 0.3) is 0 Å². The van der Waals surface area contributed by atoms with E-state index in [0.717, 1.165) is 63.1 Å². The number of piperazine rings is 1. The van der Waals surface area contributed by atoms with Crippen LogP contribution in [0.1, 0.15) is 12.2 Å². The van der Waals surface area contributed by atoms with Gasteiger partial charge in [-0.05, 0) is 20.4 Å². The Morgan fingerprint density at radius 2 is 1.71 bits per heavy atom. The lowest BCUT2D eigenvalue weighted by Crippen LogP contribution is -2.45. The second kappa shape index (κ2) is 6.15. The summed E-state index contributed by atoms with van der Waals surface area (Å²) in [6.45, 7) is 8.17. The van der Waals surface area contributed by atoms with E-state index >= 15 is 0 Å². The quantitative estimate of drug-likeness (QED) is 0.819. The minimum absolute atomic E-state index is 0.326. The fourth-order valence-corrected chi connectivity index (χ4v) is 3.02. The number of methoxy groups -OCH3 is 1. The number of hydrogen-bond acceptors (Lipinski definition) is 6. The molecule has 3 rings (SSSR count). The third-order valence-electron chi connectivity index (χ3n) is 4.44. The topological polar surface area (TPSA) is 44.7 Å². The van der Waals surface area contributed by atoms with E-state index in [1.54, 1.807) is 7.11 Å².